The van der Waals surface area contributed by atoms with Crippen LogP contribution in [0.15, 0.2) is 102 Å². The van der Waals surface area contributed by atoms with Crippen LogP contribution in [0.25, 0.3) is 11.1 Å². The molecular formula is C29H25FNO6PS. The summed E-state index contributed by atoms with van der Waals surface area (Å²) in [5.74, 6) is -1.31. The van der Waals surface area contributed by atoms with Crippen LogP contribution in [0.2, 0.25) is 0 Å². The monoisotopic (exact) mass is 565 g/mol. The second-order valence-corrected chi connectivity index (χ2v) is 11.9. The average molecular weight is 566 g/mol. The summed E-state index contributed by atoms with van der Waals surface area (Å²) < 4.78 is 24.7. The van der Waals surface area contributed by atoms with Crippen molar-refractivity contribution in [2.75, 3.05) is 10.7 Å². The molecule has 0 saturated carbocycles. The van der Waals surface area contributed by atoms with Gasteiger partial charge >= 0.3 is 7.60 Å². The number of thioether (sulfide) groups is 1. The number of carbonyl (C=O) groups is 1. The van der Waals surface area contributed by atoms with Crippen LogP contribution in [0, 0.1) is 11.7 Å². The molecule has 1 aliphatic rings. The number of halogens is 1. The number of aliphatic hydroxyl groups is 1. The molecule has 4 aromatic rings. The Morgan fingerprint density at radius 1 is 0.897 bits per heavy atom. The molecule has 39 heavy (non-hydrogen) atoms. The second-order valence-electron chi connectivity index (χ2n) is 9.21. The van der Waals surface area contributed by atoms with Gasteiger partial charge in [0.05, 0.1) is 23.4 Å². The van der Waals surface area contributed by atoms with E-state index in [0.29, 0.717) is 22.4 Å². The van der Waals surface area contributed by atoms with Crippen LogP contribution >= 0.6 is 19.4 Å². The fourth-order valence-corrected chi connectivity index (χ4v) is 6.17. The van der Waals surface area contributed by atoms with E-state index in [0.717, 1.165) is 4.90 Å². The number of nitrogens with zero attached hydrogens (tertiary/aromatic N) is 1. The van der Waals surface area contributed by atoms with E-state index in [1.165, 1.54) is 42.1 Å². The molecule has 1 heterocycles. The Bertz CT molecular complexity index is 1530. The minimum absolute atomic E-state index is 0.0756. The summed E-state index contributed by atoms with van der Waals surface area (Å²) in [4.78, 5) is 34.3. The Morgan fingerprint density at radius 3 is 2.15 bits per heavy atom. The van der Waals surface area contributed by atoms with Gasteiger partial charge in [-0.25, -0.2) is 4.39 Å². The lowest BCUT2D eigenvalue weighted by Gasteiger charge is -2.49. The first-order valence-electron chi connectivity index (χ1n) is 12.1. The van der Waals surface area contributed by atoms with Gasteiger partial charge < -0.3 is 24.9 Å². The number of aromatic hydroxyl groups is 1. The lowest BCUT2D eigenvalue weighted by Crippen LogP contribution is -2.60. The van der Waals surface area contributed by atoms with Crippen LogP contribution in [0.3, 0.4) is 0 Å². The number of carbonyl (C=O) groups excluding carboxylic acids is 1. The zero-order valence-corrected chi connectivity index (χ0v) is 22.2. The number of hydrogen-bond acceptors (Lipinski definition) is 5. The van der Waals surface area contributed by atoms with Gasteiger partial charge in [0.25, 0.3) is 0 Å². The summed E-state index contributed by atoms with van der Waals surface area (Å²) >= 11 is 1.31. The average Bonchev–Trinajstić information content (AvgIpc) is 2.92. The highest BCUT2D eigenvalue weighted by Gasteiger charge is 2.53. The van der Waals surface area contributed by atoms with Crippen molar-refractivity contribution in [3.8, 4) is 16.9 Å². The first kappa shape index (κ1) is 27.1. The van der Waals surface area contributed by atoms with Crippen LogP contribution in [0.5, 0.6) is 5.75 Å². The molecular weight excluding hydrogens is 540 g/mol. The van der Waals surface area contributed by atoms with Crippen molar-refractivity contribution in [3.05, 3.63) is 108 Å². The van der Waals surface area contributed by atoms with Gasteiger partial charge in [0, 0.05) is 21.9 Å². The highest BCUT2D eigenvalue weighted by molar-refractivity contribution is 7.99. The minimum Gasteiger partial charge on any atom is -0.508 e. The minimum atomic E-state index is -4.37. The fourth-order valence-electron chi connectivity index (χ4n) is 4.73. The Hall–Kier alpha value is -3.46. The van der Waals surface area contributed by atoms with E-state index in [4.69, 9.17) is 0 Å². The van der Waals surface area contributed by atoms with Crippen LogP contribution in [0.1, 0.15) is 11.6 Å². The van der Waals surface area contributed by atoms with Gasteiger partial charge in [-0.15, -0.1) is 11.8 Å². The lowest BCUT2D eigenvalue weighted by atomic mass is 9.78. The maximum atomic E-state index is 13.3. The van der Waals surface area contributed by atoms with E-state index in [1.54, 1.807) is 65.6 Å². The molecule has 5 rings (SSSR count). The van der Waals surface area contributed by atoms with Gasteiger partial charge in [-0.3, -0.25) is 9.36 Å². The summed E-state index contributed by atoms with van der Waals surface area (Å²) in [6.07, 6.45) is -1.03. The molecule has 10 heteroatoms. The quantitative estimate of drug-likeness (QED) is 0.137. The Morgan fingerprint density at radius 2 is 1.54 bits per heavy atom. The van der Waals surface area contributed by atoms with E-state index in [2.05, 4.69) is 0 Å². The zero-order chi connectivity index (χ0) is 27.7. The summed E-state index contributed by atoms with van der Waals surface area (Å²) in [7, 11) is -4.37. The summed E-state index contributed by atoms with van der Waals surface area (Å²) in [6.45, 7) is 0. The van der Waals surface area contributed by atoms with Gasteiger partial charge in [0.1, 0.15) is 11.6 Å². The molecule has 0 aromatic heterocycles. The molecule has 0 radical (unpaired) electrons. The van der Waals surface area contributed by atoms with Crippen molar-refractivity contribution in [3.63, 3.8) is 0 Å². The van der Waals surface area contributed by atoms with Crippen LogP contribution in [0.4, 0.5) is 10.1 Å². The largest absolute Gasteiger partial charge is 0.508 e. The number of anilines is 1. The van der Waals surface area contributed by atoms with Crippen molar-refractivity contribution < 1.29 is 33.7 Å². The number of β-lactam (4-membered cyclic amide) rings is 1. The maximum absolute atomic E-state index is 13.3. The molecule has 1 fully saturated rings. The third-order valence-corrected chi connectivity index (χ3v) is 8.79. The van der Waals surface area contributed by atoms with E-state index >= 15 is 0 Å². The molecule has 1 amide bonds. The van der Waals surface area contributed by atoms with Crippen LogP contribution in [-0.2, 0) is 9.36 Å². The van der Waals surface area contributed by atoms with Gasteiger partial charge in [-0.05, 0) is 65.7 Å². The maximum Gasteiger partial charge on any atom is 0.356 e. The van der Waals surface area contributed by atoms with Crippen LogP contribution in [-0.4, -0.2) is 37.8 Å². The molecule has 1 saturated heterocycles. The fraction of sp³-hybridized carbons (Fsp3) is 0.138. The second kappa shape index (κ2) is 11.0. The van der Waals surface area contributed by atoms with Gasteiger partial charge in [-0.2, -0.15) is 0 Å². The first-order valence-corrected chi connectivity index (χ1v) is 14.7. The first-order chi connectivity index (χ1) is 18.6. The molecule has 1 aliphatic heterocycles. The molecule has 200 valence electrons. The summed E-state index contributed by atoms with van der Waals surface area (Å²) in [6, 6.07) is 25.1. The smallest absolute Gasteiger partial charge is 0.356 e. The number of para-hydroxylation sites is 1. The van der Waals surface area contributed by atoms with Crippen molar-refractivity contribution in [1.29, 1.82) is 0 Å². The zero-order valence-electron chi connectivity index (χ0n) is 20.5. The summed E-state index contributed by atoms with van der Waals surface area (Å²) in [5, 5.41) is 22.0. The van der Waals surface area contributed by atoms with E-state index in [-0.39, 0.29) is 28.5 Å². The molecule has 4 aromatic carbocycles. The number of aliphatic hydroxyl groups excluding tert-OH is 1. The van der Waals surface area contributed by atoms with Crippen LogP contribution < -0.4 is 10.2 Å². The summed E-state index contributed by atoms with van der Waals surface area (Å²) in [5.41, 5.74) is 2.36. The third kappa shape index (κ3) is 5.64. The predicted octanol–water partition coefficient (Wildman–Crippen LogP) is 4.86. The number of phenolic OH excluding ortho intramolecular Hbond substituents is 1. The van der Waals surface area contributed by atoms with Crippen molar-refractivity contribution in [2.24, 2.45) is 5.92 Å². The molecule has 0 spiro atoms. The molecule has 0 unspecified atom stereocenters. The predicted molar refractivity (Wildman–Crippen MR) is 149 cm³/mol. The van der Waals surface area contributed by atoms with Crippen molar-refractivity contribution in [2.45, 2.75) is 17.0 Å². The lowest BCUT2D eigenvalue weighted by molar-refractivity contribution is -0.135. The molecule has 3 atom stereocenters. The topological polar surface area (TPSA) is 118 Å². The van der Waals surface area contributed by atoms with E-state index < -0.39 is 25.7 Å². The number of rotatable bonds is 8. The van der Waals surface area contributed by atoms with Gasteiger partial charge in [0.2, 0.25) is 5.91 Å². The Labute approximate surface area is 228 Å². The number of phenols is 1. The standard InChI is InChI=1S/C29H25FNO6PS/c30-20-9-13-23(14-10-20)39-17-26(33)27-28(31(29(27)34)21-4-2-1-3-5-21)24-15-8-19(16-25(24)32)18-6-11-22(12-7-18)38(35,36)37/h1-16,26-28,32-33H,17H2,(H2,35,36,37)/t26-,27-,28-/m1/s1. The van der Waals surface area contributed by atoms with E-state index in [9.17, 15) is 33.7 Å². The van der Waals surface area contributed by atoms with Gasteiger partial charge in [-0.1, -0.05) is 42.5 Å². The normalized spacial score (nSPS) is 18.1. The van der Waals surface area contributed by atoms with Gasteiger partial charge in [0.15, 0.2) is 0 Å². The highest BCUT2D eigenvalue weighted by atomic mass is 32.2. The van der Waals surface area contributed by atoms with Crippen molar-refractivity contribution in [1.82, 2.24) is 0 Å². The van der Waals surface area contributed by atoms with Crippen molar-refractivity contribution >= 4 is 36.3 Å². The molecule has 0 aliphatic carbocycles. The number of hydrogen-bond donors (Lipinski definition) is 4. The molecule has 4 N–H and O–H groups in total. The van der Waals surface area contributed by atoms with E-state index in [1.807, 2.05) is 6.07 Å². The molecule has 7 nitrogen and oxygen atoms in total. The SMILES string of the molecule is O=C1[C@H]([C@H](O)CSc2ccc(F)cc2)[C@@H](c2ccc(-c3ccc(P(=O)(O)O)cc3)cc2O)N1c1ccccc1. The molecule has 0 bridgehead atoms. The third-order valence-electron chi connectivity index (χ3n) is 6.71. The highest BCUT2D eigenvalue weighted by Crippen LogP contribution is 2.48. The number of amides is 1. The Kier molecular flexibility index (Phi) is 7.62. The number of benzene rings is 4. The Balaban J connectivity index is 1.43.